The van der Waals surface area contributed by atoms with Gasteiger partial charge in [0.05, 0.1) is 5.56 Å². The molecule has 0 heterocycles. The van der Waals surface area contributed by atoms with Crippen LogP contribution >= 0.6 is 0 Å². The van der Waals surface area contributed by atoms with Gasteiger partial charge < -0.3 is 10.8 Å². The smallest absolute Gasteiger partial charge is 0.335 e. The molecule has 1 aromatic carbocycles. The molecule has 0 spiro atoms. The molecule has 0 bridgehead atoms. The number of hydrogen-bond donors (Lipinski definition) is 2. The van der Waals surface area contributed by atoms with E-state index in [4.69, 9.17) is 10.8 Å². The van der Waals surface area contributed by atoms with Gasteiger partial charge in [0.1, 0.15) is 0 Å². The van der Waals surface area contributed by atoms with E-state index in [-0.39, 0.29) is 6.04 Å². The van der Waals surface area contributed by atoms with Crippen LogP contribution in [0.2, 0.25) is 0 Å². The minimum absolute atomic E-state index is 0.0526. The third kappa shape index (κ3) is 2.12. The van der Waals surface area contributed by atoms with Crippen LogP contribution < -0.4 is 5.73 Å². The lowest BCUT2D eigenvalue weighted by atomic mass is 9.99. The molecule has 76 valence electrons. The van der Waals surface area contributed by atoms with Crippen molar-refractivity contribution in [1.82, 2.24) is 0 Å². The second kappa shape index (κ2) is 4.24. The SMILES string of the molecule is CCc1cc(C(C)N)ccc1C(=O)O. The van der Waals surface area contributed by atoms with Crippen molar-refractivity contribution in [3.05, 3.63) is 34.9 Å². The number of aromatic carboxylic acids is 1. The first-order valence-corrected chi connectivity index (χ1v) is 4.68. The molecule has 0 saturated heterocycles. The summed E-state index contributed by atoms with van der Waals surface area (Å²) in [4.78, 5) is 10.8. The summed E-state index contributed by atoms with van der Waals surface area (Å²) in [5.74, 6) is -0.877. The molecular formula is C11H15NO2. The van der Waals surface area contributed by atoms with E-state index in [2.05, 4.69) is 0 Å². The van der Waals surface area contributed by atoms with E-state index < -0.39 is 5.97 Å². The summed E-state index contributed by atoms with van der Waals surface area (Å²) in [6, 6.07) is 5.21. The summed E-state index contributed by atoms with van der Waals surface area (Å²) in [6.45, 7) is 3.82. The average molecular weight is 193 g/mol. The predicted molar refractivity (Wildman–Crippen MR) is 55.4 cm³/mol. The molecule has 3 heteroatoms. The van der Waals surface area contributed by atoms with Gasteiger partial charge in [-0.3, -0.25) is 0 Å². The monoisotopic (exact) mass is 193 g/mol. The van der Waals surface area contributed by atoms with Crippen molar-refractivity contribution < 1.29 is 9.90 Å². The first kappa shape index (κ1) is 10.7. The summed E-state index contributed by atoms with van der Waals surface area (Å²) in [6.07, 6.45) is 0.711. The van der Waals surface area contributed by atoms with Crippen LogP contribution in [0.25, 0.3) is 0 Å². The lowest BCUT2D eigenvalue weighted by molar-refractivity contribution is 0.0695. The van der Waals surface area contributed by atoms with E-state index in [0.717, 1.165) is 11.1 Å². The summed E-state index contributed by atoms with van der Waals surface area (Å²) in [5.41, 5.74) is 7.91. The molecule has 0 radical (unpaired) electrons. The van der Waals surface area contributed by atoms with Gasteiger partial charge in [-0.15, -0.1) is 0 Å². The Balaban J connectivity index is 3.18. The maximum atomic E-state index is 10.8. The lowest BCUT2D eigenvalue weighted by Crippen LogP contribution is -2.08. The van der Waals surface area contributed by atoms with Crippen LogP contribution in [0.15, 0.2) is 18.2 Å². The van der Waals surface area contributed by atoms with E-state index in [0.29, 0.717) is 12.0 Å². The van der Waals surface area contributed by atoms with Gasteiger partial charge in [0.2, 0.25) is 0 Å². The van der Waals surface area contributed by atoms with Crippen LogP contribution in [0, 0.1) is 0 Å². The molecule has 0 aliphatic rings. The fraction of sp³-hybridized carbons (Fsp3) is 0.364. The maximum absolute atomic E-state index is 10.8. The zero-order valence-electron chi connectivity index (χ0n) is 8.45. The molecule has 3 nitrogen and oxygen atoms in total. The molecule has 3 N–H and O–H groups in total. The Hall–Kier alpha value is -1.35. The Morgan fingerprint density at radius 2 is 2.21 bits per heavy atom. The molecule has 1 atom stereocenters. The third-order valence-electron chi connectivity index (χ3n) is 2.27. The highest BCUT2D eigenvalue weighted by atomic mass is 16.4. The van der Waals surface area contributed by atoms with Crippen LogP contribution in [0.5, 0.6) is 0 Å². The number of carboxylic acid groups (broad SMARTS) is 1. The van der Waals surface area contributed by atoms with Crippen LogP contribution in [0.1, 0.15) is 41.4 Å². The molecule has 1 rings (SSSR count). The normalized spacial score (nSPS) is 12.5. The number of benzene rings is 1. The number of hydrogen-bond acceptors (Lipinski definition) is 2. The van der Waals surface area contributed by atoms with E-state index in [1.807, 2.05) is 19.9 Å². The zero-order chi connectivity index (χ0) is 10.7. The van der Waals surface area contributed by atoms with Crippen LogP contribution in [0.4, 0.5) is 0 Å². The van der Waals surface area contributed by atoms with Gasteiger partial charge in [-0.1, -0.05) is 19.1 Å². The van der Waals surface area contributed by atoms with Crippen LogP contribution in [-0.4, -0.2) is 11.1 Å². The van der Waals surface area contributed by atoms with Crippen molar-refractivity contribution in [3.8, 4) is 0 Å². The standard InChI is InChI=1S/C11H15NO2/c1-3-8-6-9(7(2)12)4-5-10(8)11(13)14/h4-7H,3,12H2,1-2H3,(H,13,14). The highest BCUT2D eigenvalue weighted by Crippen LogP contribution is 2.16. The van der Waals surface area contributed by atoms with Crippen molar-refractivity contribution in [2.24, 2.45) is 5.73 Å². The molecule has 0 aliphatic carbocycles. The Morgan fingerprint density at radius 1 is 1.57 bits per heavy atom. The summed E-state index contributed by atoms with van der Waals surface area (Å²) >= 11 is 0. The second-order valence-electron chi connectivity index (χ2n) is 3.36. The minimum atomic E-state index is -0.877. The van der Waals surface area contributed by atoms with Gasteiger partial charge in [-0.2, -0.15) is 0 Å². The topological polar surface area (TPSA) is 63.3 Å². The molecule has 14 heavy (non-hydrogen) atoms. The van der Waals surface area contributed by atoms with Crippen molar-refractivity contribution in [2.45, 2.75) is 26.3 Å². The number of carboxylic acids is 1. The third-order valence-corrected chi connectivity index (χ3v) is 2.27. The van der Waals surface area contributed by atoms with Crippen molar-refractivity contribution in [2.75, 3.05) is 0 Å². The molecule has 0 saturated carbocycles. The first-order valence-electron chi connectivity index (χ1n) is 4.68. The molecule has 0 fully saturated rings. The summed E-state index contributed by atoms with van der Waals surface area (Å²) < 4.78 is 0. The Labute approximate surface area is 83.6 Å². The Bertz CT molecular complexity index is 345. The minimum Gasteiger partial charge on any atom is -0.478 e. The largest absolute Gasteiger partial charge is 0.478 e. The molecule has 1 aromatic rings. The highest BCUT2D eigenvalue weighted by Gasteiger charge is 2.10. The predicted octanol–water partition coefficient (Wildman–Crippen LogP) is 1.97. The molecular weight excluding hydrogens is 178 g/mol. The van der Waals surface area contributed by atoms with E-state index in [9.17, 15) is 4.79 Å². The second-order valence-corrected chi connectivity index (χ2v) is 3.36. The van der Waals surface area contributed by atoms with Gasteiger partial charge in [0.15, 0.2) is 0 Å². The highest BCUT2D eigenvalue weighted by molar-refractivity contribution is 5.89. The average Bonchev–Trinajstić information content (AvgIpc) is 2.16. The molecule has 0 amide bonds. The van der Waals surface area contributed by atoms with E-state index in [1.54, 1.807) is 12.1 Å². The fourth-order valence-corrected chi connectivity index (χ4v) is 1.40. The van der Waals surface area contributed by atoms with E-state index in [1.165, 1.54) is 0 Å². The summed E-state index contributed by atoms with van der Waals surface area (Å²) in [7, 11) is 0. The van der Waals surface area contributed by atoms with Gasteiger partial charge in [0.25, 0.3) is 0 Å². The van der Waals surface area contributed by atoms with Gasteiger partial charge >= 0.3 is 5.97 Å². The van der Waals surface area contributed by atoms with Gasteiger partial charge in [-0.05, 0) is 30.5 Å². The number of aryl methyl sites for hydroxylation is 1. The Kier molecular flexibility index (Phi) is 3.25. The molecule has 1 unspecified atom stereocenters. The first-order chi connectivity index (χ1) is 6.56. The maximum Gasteiger partial charge on any atom is 0.335 e. The fourth-order valence-electron chi connectivity index (χ4n) is 1.40. The van der Waals surface area contributed by atoms with Crippen molar-refractivity contribution >= 4 is 5.97 Å². The van der Waals surface area contributed by atoms with Gasteiger partial charge in [0, 0.05) is 6.04 Å². The quantitative estimate of drug-likeness (QED) is 0.771. The summed E-state index contributed by atoms with van der Waals surface area (Å²) in [5, 5.41) is 8.90. The molecule has 0 aliphatic heterocycles. The number of nitrogens with two attached hydrogens (primary N) is 1. The lowest BCUT2D eigenvalue weighted by Gasteiger charge is -2.09. The Morgan fingerprint density at radius 3 is 2.64 bits per heavy atom. The van der Waals surface area contributed by atoms with Gasteiger partial charge in [-0.25, -0.2) is 4.79 Å². The molecule has 0 aromatic heterocycles. The number of carbonyl (C=O) groups is 1. The van der Waals surface area contributed by atoms with Crippen molar-refractivity contribution in [1.29, 1.82) is 0 Å². The van der Waals surface area contributed by atoms with Crippen molar-refractivity contribution in [3.63, 3.8) is 0 Å². The number of rotatable bonds is 3. The van der Waals surface area contributed by atoms with E-state index >= 15 is 0 Å². The van der Waals surface area contributed by atoms with Crippen LogP contribution in [0.3, 0.4) is 0 Å². The zero-order valence-corrected chi connectivity index (χ0v) is 8.45. The van der Waals surface area contributed by atoms with Crippen LogP contribution in [-0.2, 0) is 6.42 Å².